The molecular weight excluding hydrogens is 194 g/mol. The highest BCUT2D eigenvalue weighted by Gasteiger charge is 2.21. The molecule has 2 rings (SSSR count). The Morgan fingerprint density at radius 2 is 2.29 bits per heavy atom. The van der Waals surface area contributed by atoms with Gasteiger partial charge in [-0.2, -0.15) is 11.8 Å². The van der Waals surface area contributed by atoms with Crippen molar-refractivity contribution in [2.75, 3.05) is 12.9 Å². The first-order valence-corrected chi connectivity index (χ1v) is 5.89. The maximum absolute atomic E-state index is 6.09. The largest absolute Gasteiger partial charge is 0.496 e. The molecule has 1 atom stereocenters. The minimum atomic E-state index is 0.166. The highest BCUT2D eigenvalue weighted by atomic mass is 32.2. The summed E-state index contributed by atoms with van der Waals surface area (Å²) in [4.78, 5) is 0. The van der Waals surface area contributed by atoms with Gasteiger partial charge in [-0.15, -0.1) is 0 Å². The second kappa shape index (κ2) is 3.83. The van der Waals surface area contributed by atoms with Crippen LogP contribution in [0.1, 0.15) is 22.7 Å². The zero-order valence-corrected chi connectivity index (χ0v) is 9.36. The van der Waals surface area contributed by atoms with Crippen LogP contribution < -0.4 is 10.5 Å². The van der Waals surface area contributed by atoms with E-state index in [1.165, 1.54) is 16.7 Å². The lowest BCUT2D eigenvalue weighted by atomic mass is 9.96. The molecule has 2 nitrogen and oxygen atoms in total. The van der Waals surface area contributed by atoms with E-state index in [0.717, 1.165) is 17.3 Å². The number of hydrogen-bond donors (Lipinski definition) is 1. The first-order chi connectivity index (χ1) is 6.74. The Bertz CT molecular complexity index is 351. The van der Waals surface area contributed by atoms with Gasteiger partial charge in [-0.1, -0.05) is 6.07 Å². The van der Waals surface area contributed by atoms with Crippen LogP contribution in [0.15, 0.2) is 12.1 Å². The van der Waals surface area contributed by atoms with Crippen LogP contribution >= 0.6 is 11.8 Å². The van der Waals surface area contributed by atoms with Crippen LogP contribution in [0, 0.1) is 6.92 Å². The zero-order valence-electron chi connectivity index (χ0n) is 8.54. The lowest BCUT2D eigenvalue weighted by Gasteiger charge is -2.25. The molecule has 0 saturated heterocycles. The molecule has 0 saturated carbocycles. The van der Waals surface area contributed by atoms with E-state index in [4.69, 9.17) is 10.5 Å². The van der Waals surface area contributed by atoms with Crippen LogP contribution in [-0.2, 0) is 5.75 Å². The average molecular weight is 209 g/mol. The molecule has 1 aliphatic rings. The van der Waals surface area contributed by atoms with Gasteiger partial charge in [0.15, 0.2) is 0 Å². The Morgan fingerprint density at radius 1 is 1.50 bits per heavy atom. The van der Waals surface area contributed by atoms with Crippen molar-refractivity contribution in [1.29, 1.82) is 0 Å². The van der Waals surface area contributed by atoms with Crippen molar-refractivity contribution in [3.63, 3.8) is 0 Å². The summed E-state index contributed by atoms with van der Waals surface area (Å²) in [5, 5.41) is 0. The predicted octanol–water partition coefficient (Wildman–Crippen LogP) is 2.25. The zero-order chi connectivity index (χ0) is 10.1. The molecule has 1 aliphatic heterocycles. The Hall–Kier alpha value is -0.670. The Morgan fingerprint density at radius 3 is 3.00 bits per heavy atom. The first-order valence-electron chi connectivity index (χ1n) is 4.73. The number of aryl methyl sites for hydroxylation is 1. The Balaban J connectivity index is 2.57. The smallest absolute Gasteiger partial charge is 0.123 e. The van der Waals surface area contributed by atoms with Crippen LogP contribution in [0.25, 0.3) is 0 Å². The molecule has 3 heteroatoms. The van der Waals surface area contributed by atoms with E-state index < -0.39 is 0 Å². The lowest BCUT2D eigenvalue weighted by Crippen LogP contribution is -2.20. The SMILES string of the molecule is COc1ccc(C)c2c1CSC[C@@H]2N. The van der Waals surface area contributed by atoms with Crippen molar-refractivity contribution in [3.05, 3.63) is 28.8 Å². The molecule has 76 valence electrons. The normalized spacial score (nSPS) is 20.4. The summed E-state index contributed by atoms with van der Waals surface area (Å²) in [6.07, 6.45) is 0. The van der Waals surface area contributed by atoms with Crippen LogP contribution in [-0.4, -0.2) is 12.9 Å². The van der Waals surface area contributed by atoms with Gasteiger partial charge in [0.05, 0.1) is 7.11 Å². The third-order valence-electron chi connectivity index (χ3n) is 2.67. The standard InChI is InChI=1S/C11H15NOS/c1-7-3-4-10(13-2)8-5-14-6-9(12)11(7)8/h3-4,9H,5-6,12H2,1-2H3/t9-/m0/s1. The molecule has 0 amide bonds. The number of thioether (sulfide) groups is 1. The van der Waals surface area contributed by atoms with Crippen LogP contribution in [0.3, 0.4) is 0 Å². The summed E-state index contributed by atoms with van der Waals surface area (Å²) in [7, 11) is 1.72. The molecule has 1 aromatic rings. The van der Waals surface area contributed by atoms with Crippen LogP contribution in [0.2, 0.25) is 0 Å². The molecule has 2 N–H and O–H groups in total. The summed E-state index contributed by atoms with van der Waals surface area (Å²) in [6, 6.07) is 4.29. The van der Waals surface area contributed by atoms with Gasteiger partial charge >= 0.3 is 0 Å². The van der Waals surface area contributed by atoms with Gasteiger partial charge in [0.25, 0.3) is 0 Å². The molecule has 0 spiro atoms. The molecule has 0 aliphatic carbocycles. The van der Waals surface area contributed by atoms with E-state index in [2.05, 4.69) is 13.0 Å². The van der Waals surface area contributed by atoms with Gasteiger partial charge in [-0.05, 0) is 24.1 Å². The number of benzene rings is 1. The average Bonchev–Trinajstić information content (AvgIpc) is 2.18. The van der Waals surface area contributed by atoms with Crippen LogP contribution in [0.5, 0.6) is 5.75 Å². The monoisotopic (exact) mass is 209 g/mol. The van der Waals surface area contributed by atoms with Crippen molar-refractivity contribution in [1.82, 2.24) is 0 Å². The van der Waals surface area contributed by atoms with Crippen molar-refractivity contribution in [3.8, 4) is 5.75 Å². The summed E-state index contributed by atoms with van der Waals surface area (Å²) in [5.41, 5.74) is 9.96. The van der Waals surface area contributed by atoms with Gasteiger partial charge in [-0.25, -0.2) is 0 Å². The molecule has 14 heavy (non-hydrogen) atoms. The van der Waals surface area contributed by atoms with Gasteiger partial charge in [0, 0.05) is 23.1 Å². The molecule has 0 aromatic heterocycles. The van der Waals surface area contributed by atoms with Gasteiger partial charge < -0.3 is 10.5 Å². The Kier molecular flexibility index (Phi) is 2.70. The minimum absolute atomic E-state index is 0.166. The third kappa shape index (κ3) is 1.51. The number of hydrogen-bond acceptors (Lipinski definition) is 3. The molecule has 0 bridgehead atoms. The summed E-state index contributed by atoms with van der Waals surface area (Å²) in [5.74, 6) is 3.02. The van der Waals surface area contributed by atoms with E-state index in [-0.39, 0.29) is 6.04 Å². The summed E-state index contributed by atoms with van der Waals surface area (Å²) >= 11 is 1.88. The number of ether oxygens (including phenoxy) is 1. The van der Waals surface area contributed by atoms with Crippen molar-refractivity contribution < 1.29 is 4.74 Å². The quantitative estimate of drug-likeness (QED) is 0.770. The second-order valence-corrected chi connectivity index (χ2v) is 4.63. The molecule has 0 unspecified atom stereocenters. The van der Waals surface area contributed by atoms with Crippen molar-refractivity contribution >= 4 is 11.8 Å². The highest BCUT2D eigenvalue weighted by Crippen LogP contribution is 2.37. The van der Waals surface area contributed by atoms with Gasteiger partial charge in [-0.3, -0.25) is 0 Å². The van der Waals surface area contributed by atoms with E-state index in [1.807, 2.05) is 17.8 Å². The van der Waals surface area contributed by atoms with Crippen LogP contribution in [0.4, 0.5) is 0 Å². The fourth-order valence-electron chi connectivity index (χ4n) is 1.99. The molecular formula is C11H15NOS. The molecule has 0 fully saturated rings. The fraction of sp³-hybridized carbons (Fsp3) is 0.455. The number of rotatable bonds is 1. The molecule has 0 radical (unpaired) electrons. The fourth-order valence-corrected chi connectivity index (χ4v) is 3.03. The maximum atomic E-state index is 6.09. The summed E-state index contributed by atoms with van der Waals surface area (Å²) < 4.78 is 5.35. The first kappa shape index (κ1) is 9.87. The predicted molar refractivity (Wildman–Crippen MR) is 60.8 cm³/mol. The number of nitrogens with two attached hydrogens (primary N) is 1. The van der Waals surface area contributed by atoms with Crippen molar-refractivity contribution in [2.24, 2.45) is 5.73 Å². The third-order valence-corrected chi connectivity index (χ3v) is 3.75. The summed E-state index contributed by atoms with van der Waals surface area (Å²) in [6.45, 7) is 2.12. The van der Waals surface area contributed by atoms with E-state index in [9.17, 15) is 0 Å². The highest BCUT2D eigenvalue weighted by molar-refractivity contribution is 7.98. The van der Waals surface area contributed by atoms with E-state index >= 15 is 0 Å². The molecule has 1 aromatic carbocycles. The van der Waals surface area contributed by atoms with E-state index in [0.29, 0.717) is 0 Å². The lowest BCUT2D eigenvalue weighted by molar-refractivity contribution is 0.410. The number of fused-ring (bicyclic) bond motifs is 1. The second-order valence-electron chi connectivity index (χ2n) is 3.60. The van der Waals surface area contributed by atoms with Gasteiger partial charge in [0.2, 0.25) is 0 Å². The topological polar surface area (TPSA) is 35.2 Å². The Labute approximate surface area is 88.8 Å². The minimum Gasteiger partial charge on any atom is -0.496 e. The van der Waals surface area contributed by atoms with Crippen molar-refractivity contribution in [2.45, 2.75) is 18.7 Å². The van der Waals surface area contributed by atoms with E-state index in [1.54, 1.807) is 7.11 Å². The number of methoxy groups -OCH3 is 1. The maximum Gasteiger partial charge on any atom is 0.123 e. The molecule has 1 heterocycles. The van der Waals surface area contributed by atoms with Gasteiger partial charge in [0.1, 0.15) is 5.75 Å².